The molecule has 2 rings (SSSR count). The number of tetrazole rings is 1. The molecule has 0 unspecified atom stereocenters. The molecule has 0 bridgehead atoms. The van der Waals surface area contributed by atoms with E-state index in [-0.39, 0.29) is 17.1 Å². The van der Waals surface area contributed by atoms with Crippen LogP contribution in [0.5, 0.6) is 5.75 Å². The fraction of sp³-hybridized carbons (Fsp3) is 0. The van der Waals surface area contributed by atoms with E-state index in [0.717, 1.165) is 0 Å². The lowest BCUT2D eigenvalue weighted by Gasteiger charge is -2.08. The molecular formula is C10H6BrIN6O. The molecule has 0 saturated heterocycles. The number of anilines is 1. The first kappa shape index (κ1) is 13.8. The first-order chi connectivity index (χ1) is 9.13. The number of nitriles is 1. The van der Waals surface area contributed by atoms with Crippen LogP contribution in [0.25, 0.3) is 5.57 Å². The van der Waals surface area contributed by atoms with Gasteiger partial charge in [-0.05, 0) is 55.9 Å². The Hall–Kier alpha value is -1.67. The van der Waals surface area contributed by atoms with Gasteiger partial charge in [0.25, 0.3) is 0 Å². The smallest absolute Gasteiger partial charge is 0.216 e. The molecule has 96 valence electrons. The van der Waals surface area contributed by atoms with E-state index in [4.69, 9.17) is 5.26 Å². The molecule has 0 fully saturated rings. The molecular weight excluding hydrogens is 427 g/mol. The van der Waals surface area contributed by atoms with Crippen molar-refractivity contribution in [2.75, 3.05) is 5.32 Å². The van der Waals surface area contributed by atoms with Crippen LogP contribution in [0.15, 0.2) is 22.8 Å². The molecule has 0 atom stereocenters. The predicted molar refractivity (Wildman–Crippen MR) is 79.9 cm³/mol. The van der Waals surface area contributed by atoms with Gasteiger partial charge in [-0.1, -0.05) is 0 Å². The van der Waals surface area contributed by atoms with Gasteiger partial charge in [0.2, 0.25) is 5.82 Å². The van der Waals surface area contributed by atoms with E-state index in [2.05, 4.69) is 41.9 Å². The van der Waals surface area contributed by atoms with Crippen LogP contribution in [0.2, 0.25) is 0 Å². The number of aromatic nitrogens is 4. The minimum absolute atomic E-state index is 0.0941. The molecule has 19 heavy (non-hydrogen) atoms. The number of rotatable bonds is 3. The number of H-pyrrole nitrogens is 1. The monoisotopic (exact) mass is 432 g/mol. The molecule has 0 aliphatic carbocycles. The number of nitrogens with one attached hydrogen (secondary N) is 2. The third-order valence-corrected chi connectivity index (χ3v) is 3.68. The highest BCUT2D eigenvalue weighted by Crippen LogP contribution is 2.35. The van der Waals surface area contributed by atoms with Crippen LogP contribution in [0.4, 0.5) is 5.69 Å². The standard InChI is InChI=1S/C10H6BrIN6O/c11-6-1-2-7(12)9(19)8(6)14-4-5(3-13)10-15-17-18-16-10/h1-2,4,14,19H,(H,15,16,17,18). The van der Waals surface area contributed by atoms with Gasteiger partial charge in [0, 0.05) is 10.7 Å². The second-order valence-electron chi connectivity index (χ2n) is 3.30. The van der Waals surface area contributed by atoms with Crippen molar-refractivity contribution in [3.8, 4) is 11.8 Å². The van der Waals surface area contributed by atoms with Crippen LogP contribution < -0.4 is 5.32 Å². The number of aromatic amines is 1. The Morgan fingerprint density at radius 2 is 2.37 bits per heavy atom. The topological polar surface area (TPSA) is 111 Å². The summed E-state index contributed by atoms with van der Waals surface area (Å²) in [4.78, 5) is 0. The maximum atomic E-state index is 9.93. The van der Waals surface area contributed by atoms with Gasteiger partial charge in [0.15, 0.2) is 5.75 Å². The van der Waals surface area contributed by atoms with Crippen LogP contribution >= 0.6 is 38.5 Å². The van der Waals surface area contributed by atoms with Crippen LogP contribution in [0.1, 0.15) is 5.82 Å². The second-order valence-corrected chi connectivity index (χ2v) is 5.32. The number of aromatic hydroxyl groups is 1. The summed E-state index contributed by atoms with van der Waals surface area (Å²) in [6.07, 6.45) is 1.40. The fourth-order valence-corrected chi connectivity index (χ4v) is 2.13. The Kier molecular flexibility index (Phi) is 4.33. The van der Waals surface area contributed by atoms with Gasteiger partial charge < -0.3 is 10.4 Å². The van der Waals surface area contributed by atoms with Crippen molar-refractivity contribution in [1.29, 1.82) is 5.26 Å². The summed E-state index contributed by atoms with van der Waals surface area (Å²) in [5.41, 5.74) is 0.655. The van der Waals surface area contributed by atoms with Crippen LogP contribution in [-0.2, 0) is 0 Å². The third kappa shape index (κ3) is 3.02. The van der Waals surface area contributed by atoms with Crippen LogP contribution in [-0.4, -0.2) is 25.7 Å². The number of nitrogens with zero attached hydrogens (tertiary/aromatic N) is 4. The molecule has 9 heteroatoms. The highest BCUT2D eigenvalue weighted by atomic mass is 127. The average Bonchev–Trinajstić information content (AvgIpc) is 2.92. The summed E-state index contributed by atoms with van der Waals surface area (Å²) in [5, 5.41) is 34.9. The zero-order valence-electron chi connectivity index (χ0n) is 9.22. The maximum Gasteiger partial charge on any atom is 0.216 e. The molecule has 1 heterocycles. The van der Waals surface area contributed by atoms with Gasteiger partial charge in [0.1, 0.15) is 11.6 Å². The van der Waals surface area contributed by atoms with Crippen molar-refractivity contribution < 1.29 is 5.11 Å². The Morgan fingerprint density at radius 1 is 1.58 bits per heavy atom. The van der Waals surface area contributed by atoms with Crippen molar-refractivity contribution in [2.45, 2.75) is 0 Å². The van der Waals surface area contributed by atoms with E-state index >= 15 is 0 Å². The van der Waals surface area contributed by atoms with E-state index < -0.39 is 0 Å². The molecule has 0 radical (unpaired) electrons. The van der Waals surface area contributed by atoms with E-state index in [1.165, 1.54) is 6.20 Å². The average molecular weight is 433 g/mol. The molecule has 3 N–H and O–H groups in total. The minimum Gasteiger partial charge on any atom is -0.505 e. The quantitative estimate of drug-likeness (QED) is 0.389. The highest BCUT2D eigenvalue weighted by molar-refractivity contribution is 14.1. The SMILES string of the molecule is N#CC(=CNc1c(Br)ccc(I)c1O)c1nn[nH]n1. The Balaban J connectivity index is 2.32. The number of hydrogen-bond acceptors (Lipinski definition) is 6. The first-order valence-corrected chi connectivity index (χ1v) is 6.78. The van der Waals surface area contributed by atoms with E-state index in [1.807, 2.05) is 28.7 Å². The number of allylic oxidation sites excluding steroid dienone is 1. The number of phenolic OH excluding ortho intramolecular Hbond substituents is 1. The van der Waals surface area contributed by atoms with Crippen molar-refractivity contribution in [2.24, 2.45) is 0 Å². The van der Waals surface area contributed by atoms with Gasteiger partial charge in [-0.25, -0.2) is 0 Å². The molecule has 7 nitrogen and oxygen atoms in total. The summed E-state index contributed by atoms with van der Waals surface area (Å²) < 4.78 is 1.36. The highest BCUT2D eigenvalue weighted by Gasteiger charge is 2.10. The molecule has 0 saturated carbocycles. The Morgan fingerprint density at radius 3 is 3.00 bits per heavy atom. The first-order valence-electron chi connectivity index (χ1n) is 4.91. The van der Waals surface area contributed by atoms with Gasteiger partial charge in [-0.2, -0.15) is 10.5 Å². The van der Waals surface area contributed by atoms with Crippen LogP contribution in [0.3, 0.4) is 0 Å². The molecule has 0 aliphatic heterocycles. The lowest BCUT2D eigenvalue weighted by molar-refractivity contribution is 0.473. The van der Waals surface area contributed by atoms with Crippen LogP contribution in [0, 0.1) is 14.9 Å². The molecule has 0 aliphatic rings. The molecule has 1 aromatic carbocycles. The van der Waals surface area contributed by atoms with Crippen molar-refractivity contribution in [3.05, 3.63) is 32.2 Å². The summed E-state index contributed by atoms with van der Waals surface area (Å²) in [6.45, 7) is 0. The summed E-state index contributed by atoms with van der Waals surface area (Å²) in [6, 6.07) is 5.50. The van der Waals surface area contributed by atoms with Gasteiger partial charge in [0.05, 0.1) is 9.26 Å². The Bertz CT molecular complexity index is 663. The van der Waals surface area contributed by atoms with Gasteiger partial charge in [-0.15, -0.1) is 10.2 Å². The number of benzene rings is 1. The summed E-state index contributed by atoms with van der Waals surface area (Å²) in [5.74, 6) is 0.271. The van der Waals surface area contributed by atoms with E-state index in [0.29, 0.717) is 13.7 Å². The lowest BCUT2D eigenvalue weighted by Crippen LogP contribution is -1.95. The minimum atomic E-state index is 0.0941. The number of hydrogen-bond donors (Lipinski definition) is 3. The van der Waals surface area contributed by atoms with Crippen molar-refractivity contribution in [3.63, 3.8) is 0 Å². The Labute approximate surface area is 130 Å². The molecule has 0 amide bonds. The van der Waals surface area contributed by atoms with Gasteiger partial charge >= 0.3 is 0 Å². The largest absolute Gasteiger partial charge is 0.505 e. The maximum absolute atomic E-state index is 9.93. The summed E-state index contributed by atoms with van der Waals surface area (Å²) in [7, 11) is 0. The van der Waals surface area contributed by atoms with E-state index in [9.17, 15) is 5.11 Å². The predicted octanol–water partition coefficient (Wildman–Crippen LogP) is 2.25. The normalized spacial score (nSPS) is 11.1. The van der Waals surface area contributed by atoms with Crippen molar-refractivity contribution in [1.82, 2.24) is 20.6 Å². The number of halogens is 2. The lowest BCUT2D eigenvalue weighted by atomic mass is 10.2. The zero-order valence-corrected chi connectivity index (χ0v) is 13.0. The second kappa shape index (κ2) is 5.98. The molecule has 2 aromatic rings. The fourth-order valence-electron chi connectivity index (χ4n) is 1.25. The molecule has 1 aromatic heterocycles. The molecule has 0 spiro atoms. The third-order valence-electron chi connectivity index (χ3n) is 2.15. The zero-order chi connectivity index (χ0) is 13.8. The number of phenols is 1. The van der Waals surface area contributed by atoms with E-state index in [1.54, 1.807) is 12.1 Å². The summed E-state index contributed by atoms with van der Waals surface area (Å²) >= 11 is 5.32. The van der Waals surface area contributed by atoms with Crippen molar-refractivity contribution >= 4 is 49.8 Å². The van der Waals surface area contributed by atoms with Gasteiger partial charge in [-0.3, -0.25) is 0 Å².